The maximum Gasteiger partial charge on any atom is 0.258 e. The molecule has 0 saturated carbocycles. The van der Waals surface area contributed by atoms with Gasteiger partial charge in [-0.25, -0.2) is 8.42 Å². The van der Waals surface area contributed by atoms with E-state index in [2.05, 4.69) is 0 Å². The van der Waals surface area contributed by atoms with Gasteiger partial charge in [-0.1, -0.05) is 48.5 Å². The van der Waals surface area contributed by atoms with E-state index < -0.39 is 10.0 Å². The van der Waals surface area contributed by atoms with Crippen LogP contribution in [0, 0.1) is 6.92 Å². The molecule has 0 spiro atoms. The minimum Gasteiger partial charge on any atom is -0.373 e. The zero-order valence-electron chi connectivity index (χ0n) is 19.7. The average Bonchev–Trinajstić information content (AvgIpc) is 2.82. The summed E-state index contributed by atoms with van der Waals surface area (Å²) >= 11 is 0. The number of anilines is 1. The normalized spacial score (nSPS) is 19.0. The lowest BCUT2D eigenvalue weighted by Crippen LogP contribution is -2.48. The van der Waals surface area contributed by atoms with Crippen LogP contribution in [-0.4, -0.2) is 43.9 Å². The van der Waals surface area contributed by atoms with Crippen LogP contribution in [0.25, 0.3) is 0 Å². The number of amides is 1. The number of benzene rings is 3. The van der Waals surface area contributed by atoms with Crippen LogP contribution in [0.4, 0.5) is 5.69 Å². The predicted octanol–water partition coefficient (Wildman–Crippen LogP) is 4.64. The Hall–Kier alpha value is -3.00. The summed E-state index contributed by atoms with van der Waals surface area (Å²) in [6.07, 6.45) is -0.378. The lowest BCUT2D eigenvalue weighted by atomic mass is 10.1. The third kappa shape index (κ3) is 5.38. The minimum atomic E-state index is -3.76. The summed E-state index contributed by atoms with van der Waals surface area (Å²) in [6, 6.07) is 23.8. The molecule has 2 atom stereocenters. The van der Waals surface area contributed by atoms with E-state index in [-0.39, 0.29) is 36.1 Å². The first-order valence-corrected chi connectivity index (χ1v) is 12.9. The van der Waals surface area contributed by atoms with Crippen LogP contribution in [-0.2, 0) is 21.3 Å². The number of nitrogens with zero attached hydrogens (tertiary/aromatic N) is 2. The molecule has 34 heavy (non-hydrogen) atoms. The molecule has 1 aliphatic heterocycles. The van der Waals surface area contributed by atoms with E-state index in [4.69, 9.17) is 4.74 Å². The van der Waals surface area contributed by atoms with Crippen molar-refractivity contribution < 1.29 is 17.9 Å². The van der Waals surface area contributed by atoms with Crippen molar-refractivity contribution in [2.75, 3.05) is 18.0 Å². The van der Waals surface area contributed by atoms with Crippen molar-refractivity contribution in [3.63, 3.8) is 0 Å². The molecule has 0 aliphatic carbocycles. The number of ether oxygens (including phenoxy) is 1. The molecule has 178 valence electrons. The average molecular weight is 479 g/mol. The van der Waals surface area contributed by atoms with Crippen LogP contribution >= 0.6 is 0 Å². The van der Waals surface area contributed by atoms with E-state index in [0.29, 0.717) is 12.1 Å². The molecule has 3 aromatic rings. The van der Waals surface area contributed by atoms with E-state index in [0.717, 1.165) is 16.8 Å². The molecule has 0 bridgehead atoms. The van der Waals surface area contributed by atoms with Crippen LogP contribution in [0.3, 0.4) is 0 Å². The number of hydrogen-bond acceptors (Lipinski definition) is 4. The van der Waals surface area contributed by atoms with Crippen LogP contribution in [0.1, 0.15) is 35.3 Å². The predicted molar refractivity (Wildman–Crippen MR) is 133 cm³/mol. The maximum atomic E-state index is 13.7. The van der Waals surface area contributed by atoms with Crippen molar-refractivity contribution in [3.8, 4) is 0 Å². The van der Waals surface area contributed by atoms with Crippen molar-refractivity contribution >= 4 is 21.6 Å². The molecule has 0 radical (unpaired) electrons. The largest absolute Gasteiger partial charge is 0.373 e. The molecule has 3 aromatic carbocycles. The van der Waals surface area contributed by atoms with Gasteiger partial charge in [0.05, 0.1) is 23.6 Å². The molecule has 0 unspecified atom stereocenters. The molecule has 1 saturated heterocycles. The Bertz CT molecular complexity index is 1250. The summed E-state index contributed by atoms with van der Waals surface area (Å²) in [5.41, 5.74) is 3.11. The fraction of sp³-hybridized carbons (Fsp3) is 0.296. The van der Waals surface area contributed by atoms with Gasteiger partial charge < -0.3 is 9.64 Å². The number of carbonyl (C=O) groups excluding carboxylic acids is 1. The lowest BCUT2D eigenvalue weighted by molar-refractivity contribution is -0.0440. The Labute approximate surface area is 201 Å². The van der Waals surface area contributed by atoms with Crippen LogP contribution in [0.15, 0.2) is 83.8 Å². The van der Waals surface area contributed by atoms with Gasteiger partial charge in [-0.05, 0) is 62.2 Å². The van der Waals surface area contributed by atoms with E-state index in [9.17, 15) is 13.2 Å². The van der Waals surface area contributed by atoms with E-state index in [1.807, 2.05) is 75.4 Å². The fourth-order valence-corrected chi connectivity index (χ4v) is 5.90. The first-order valence-electron chi connectivity index (χ1n) is 11.4. The summed E-state index contributed by atoms with van der Waals surface area (Å²) < 4.78 is 33.9. The van der Waals surface area contributed by atoms with Crippen LogP contribution in [0.5, 0.6) is 0 Å². The highest BCUT2D eigenvalue weighted by atomic mass is 32.2. The van der Waals surface area contributed by atoms with Crippen molar-refractivity contribution in [1.82, 2.24) is 4.31 Å². The quantitative estimate of drug-likeness (QED) is 0.518. The molecule has 0 N–H and O–H groups in total. The van der Waals surface area contributed by atoms with Gasteiger partial charge in [-0.2, -0.15) is 4.31 Å². The third-order valence-corrected chi connectivity index (χ3v) is 7.67. The number of rotatable bonds is 6. The zero-order valence-corrected chi connectivity index (χ0v) is 20.5. The number of hydrogen-bond donors (Lipinski definition) is 0. The SMILES string of the molecule is Cc1cccc(N(Cc2ccccc2)C(=O)c2cccc(S(=O)(=O)N3C[C@@H](C)O[C@@H](C)C3)c2)c1. The summed E-state index contributed by atoms with van der Waals surface area (Å²) in [5.74, 6) is -0.254. The highest BCUT2D eigenvalue weighted by Crippen LogP contribution is 2.25. The second kappa shape index (κ2) is 10.1. The van der Waals surface area contributed by atoms with Gasteiger partial charge in [0.15, 0.2) is 0 Å². The fourth-order valence-electron chi connectivity index (χ4n) is 4.26. The van der Waals surface area contributed by atoms with Crippen molar-refractivity contribution in [1.29, 1.82) is 0 Å². The Balaban J connectivity index is 1.68. The van der Waals surface area contributed by atoms with Gasteiger partial charge in [0, 0.05) is 24.3 Å². The molecule has 1 fully saturated rings. The smallest absolute Gasteiger partial charge is 0.258 e. The molecular formula is C27H30N2O4S. The Morgan fingerprint density at radius 2 is 1.62 bits per heavy atom. The summed E-state index contributed by atoms with van der Waals surface area (Å²) in [7, 11) is -3.76. The Kier molecular flexibility index (Phi) is 7.16. The van der Waals surface area contributed by atoms with Gasteiger partial charge in [0.2, 0.25) is 10.0 Å². The van der Waals surface area contributed by atoms with Crippen LogP contribution < -0.4 is 4.90 Å². The molecule has 7 heteroatoms. The second-order valence-corrected chi connectivity index (χ2v) is 10.8. The number of morpholine rings is 1. The molecule has 1 amide bonds. The second-order valence-electron chi connectivity index (χ2n) is 8.82. The first-order chi connectivity index (χ1) is 16.2. The number of aryl methyl sites for hydroxylation is 1. The molecule has 0 aromatic heterocycles. The van der Waals surface area contributed by atoms with Crippen molar-refractivity contribution in [2.45, 2.75) is 44.4 Å². The first kappa shape index (κ1) is 24.1. The Morgan fingerprint density at radius 1 is 0.941 bits per heavy atom. The van der Waals surface area contributed by atoms with Gasteiger partial charge >= 0.3 is 0 Å². The maximum absolute atomic E-state index is 13.7. The molecule has 4 rings (SSSR count). The van der Waals surface area contributed by atoms with Gasteiger partial charge in [0.1, 0.15) is 0 Å². The van der Waals surface area contributed by atoms with Gasteiger partial charge in [0.25, 0.3) is 5.91 Å². The van der Waals surface area contributed by atoms with E-state index >= 15 is 0 Å². The van der Waals surface area contributed by atoms with Crippen molar-refractivity contribution in [3.05, 3.63) is 95.6 Å². The number of carbonyl (C=O) groups is 1. The molecular weight excluding hydrogens is 448 g/mol. The zero-order chi connectivity index (χ0) is 24.3. The topological polar surface area (TPSA) is 66.9 Å². The third-order valence-electron chi connectivity index (χ3n) is 5.85. The van der Waals surface area contributed by atoms with Crippen LogP contribution in [0.2, 0.25) is 0 Å². The molecule has 6 nitrogen and oxygen atoms in total. The van der Waals surface area contributed by atoms with Gasteiger partial charge in [-0.3, -0.25) is 4.79 Å². The lowest BCUT2D eigenvalue weighted by Gasteiger charge is -2.34. The molecule has 1 aliphatic rings. The summed E-state index contributed by atoms with van der Waals surface area (Å²) in [5, 5.41) is 0. The van der Waals surface area contributed by atoms with E-state index in [1.165, 1.54) is 10.4 Å². The highest BCUT2D eigenvalue weighted by molar-refractivity contribution is 7.89. The number of sulfonamides is 1. The standard InChI is InChI=1S/C27H30N2O4S/c1-20-9-7-13-25(15-20)29(19-23-10-5-4-6-11-23)27(30)24-12-8-14-26(16-24)34(31,32)28-17-21(2)33-22(3)18-28/h4-16,21-22H,17-19H2,1-3H3/t21-,22+. The monoisotopic (exact) mass is 478 g/mol. The highest BCUT2D eigenvalue weighted by Gasteiger charge is 2.32. The van der Waals surface area contributed by atoms with E-state index in [1.54, 1.807) is 23.1 Å². The van der Waals surface area contributed by atoms with Crippen molar-refractivity contribution in [2.24, 2.45) is 0 Å². The minimum absolute atomic E-state index is 0.114. The van der Waals surface area contributed by atoms with Gasteiger partial charge in [-0.15, -0.1) is 0 Å². The summed E-state index contributed by atoms with van der Waals surface area (Å²) in [4.78, 5) is 15.5. The summed E-state index contributed by atoms with van der Waals surface area (Å²) in [6.45, 7) is 6.65. The molecule has 1 heterocycles. The Morgan fingerprint density at radius 3 is 2.29 bits per heavy atom.